The lowest BCUT2D eigenvalue weighted by atomic mass is 10.1. The quantitative estimate of drug-likeness (QED) is 0.179. The molecule has 0 saturated heterocycles. The van der Waals surface area contributed by atoms with Crippen molar-refractivity contribution in [2.45, 2.75) is 38.6 Å². The Hall–Kier alpha value is -2.54. The molecule has 6 nitrogen and oxygen atoms in total. The van der Waals surface area contributed by atoms with E-state index in [1.165, 1.54) is 25.3 Å². The third-order valence-electron chi connectivity index (χ3n) is 3.92. The van der Waals surface area contributed by atoms with Gasteiger partial charge in [-0.05, 0) is 57.0 Å². The van der Waals surface area contributed by atoms with Crippen LogP contribution in [0.5, 0.6) is 0 Å². The average Bonchev–Trinajstić information content (AvgIpc) is 3.43. The Morgan fingerprint density at radius 2 is 2.25 bits per heavy atom. The zero-order valence-electron chi connectivity index (χ0n) is 13.8. The van der Waals surface area contributed by atoms with E-state index in [2.05, 4.69) is 22.0 Å². The van der Waals surface area contributed by atoms with Crippen molar-refractivity contribution < 1.29 is 9.18 Å². The number of aromatic nitrogens is 1. The molecule has 1 aromatic heterocycles. The Bertz CT molecular complexity index is 694. The molecule has 0 bridgehead atoms. The highest BCUT2D eigenvalue weighted by molar-refractivity contribution is 5.95. The summed E-state index contributed by atoms with van der Waals surface area (Å²) in [7, 11) is 0. The number of aliphatic imine (C=N–C) groups is 1. The van der Waals surface area contributed by atoms with Crippen LogP contribution in [0.2, 0.25) is 0 Å². The first-order valence-electron chi connectivity index (χ1n) is 7.73. The van der Waals surface area contributed by atoms with Crippen molar-refractivity contribution in [3.63, 3.8) is 0 Å². The molecular weight excluding hydrogens is 309 g/mol. The van der Waals surface area contributed by atoms with Crippen LogP contribution in [0.3, 0.4) is 0 Å². The van der Waals surface area contributed by atoms with Gasteiger partial charge in [0.1, 0.15) is 5.83 Å². The summed E-state index contributed by atoms with van der Waals surface area (Å²) in [5, 5.41) is 3.16. The third-order valence-corrected chi connectivity index (χ3v) is 3.92. The molecule has 4 N–H and O–H groups in total. The van der Waals surface area contributed by atoms with E-state index in [1.807, 2.05) is 17.7 Å². The van der Waals surface area contributed by atoms with Crippen molar-refractivity contribution in [2.24, 2.45) is 10.8 Å². The largest absolute Gasteiger partial charge is 0.377 e. The average molecular weight is 331 g/mol. The molecule has 2 rings (SSSR count). The number of nitrogens with zero attached hydrogens (tertiary/aromatic N) is 2. The fourth-order valence-electron chi connectivity index (χ4n) is 2.29. The lowest BCUT2D eigenvalue weighted by Crippen LogP contribution is -2.36. The van der Waals surface area contributed by atoms with Gasteiger partial charge in [0.15, 0.2) is 0 Å². The number of amides is 1. The number of hydrazine groups is 1. The molecule has 0 aliphatic heterocycles. The smallest absolute Gasteiger partial charge is 0.263 e. The van der Waals surface area contributed by atoms with Gasteiger partial charge in [-0.15, -0.1) is 0 Å². The standard InChI is InChI=1S/C17H22FN5O/c1-10(15(17(24)23-19)7-16(18)11(2)20-3)22-14-6-13(8-21-9-14)12-4-5-12/h6-10,12,22H,3-5,19H2,1-2H3,(H,23,24)/b15-7+,16-11+. The van der Waals surface area contributed by atoms with E-state index in [0.29, 0.717) is 5.92 Å². The van der Waals surface area contributed by atoms with Gasteiger partial charge in [-0.3, -0.25) is 20.2 Å². The van der Waals surface area contributed by atoms with Crippen molar-refractivity contribution >= 4 is 18.3 Å². The second-order valence-electron chi connectivity index (χ2n) is 5.81. The molecule has 0 radical (unpaired) electrons. The van der Waals surface area contributed by atoms with Crippen LogP contribution in [-0.4, -0.2) is 23.7 Å². The molecule has 1 atom stereocenters. The minimum atomic E-state index is -0.637. The summed E-state index contributed by atoms with van der Waals surface area (Å²) in [6, 6.07) is 1.52. The Balaban J connectivity index is 2.23. The Kier molecular flexibility index (Phi) is 5.81. The minimum absolute atomic E-state index is 0.0990. The number of allylic oxidation sites excluding steroid dienone is 3. The maximum atomic E-state index is 14.0. The summed E-state index contributed by atoms with van der Waals surface area (Å²) in [5.74, 6) is 4.56. The van der Waals surface area contributed by atoms with Gasteiger partial charge in [0.05, 0.1) is 17.4 Å². The summed E-state index contributed by atoms with van der Waals surface area (Å²) in [6.45, 7) is 6.49. The Morgan fingerprint density at radius 3 is 2.83 bits per heavy atom. The first-order valence-corrected chi connectivity index (χ1v) is 7.73. The lowest BCUT2D eigenvalue weighted by Gasteiger charge is -2.18. The van der Waals surface area contributed by atoms with Crippen LogP contribution in [0.4, 0.5) is 10.1 Å². The summed E-state index contributed by atoms with van der Waals surface area (Å²) in [6.07, 6.45) is 6.97. The van der Waals surface area contributed by atoms with E-state index in [9.17, 15) is 9.18 Å². The number of halogens is 1. The molecule has 24 heavy (non-hydrogen) atoms. The number of nitrogens with one attached hydrogen (secondary N) is 2. The molecule has 1 saturated carbocycles. The predicted molar refractivity (Wildman–Crippen MR) is 93.1 cm³/mol. The molecule has 0 spiro atoms. The topological polar surface area (TPSA) is 92.4 Å². The molecule has 1 aliphatic rings. The molecular formula is C17H22FN5O. The summed E-state index contributed by atoms with van der Waals surface area (Å²) in [4.78, 5) is 19.7. The zero-order valence-corrected chi connectivity index (χ0v) is 13.8. The first kappa shape index (κ1) is 17.8. The van der Waals surface area contributed by atoms with Gasteiger partial charge in [0.25, 0.3) is 5.91 Å². The molecule has 1 aliphatic carbocycles. The number of rotatable bonds is 7. The summed E-state index contributed by atoms with van der Waals surface area (Å²) >= 11 is 0. The first-order chi connectivity index (χ1) is 11.5. The SMILES string of the molecule is C=N/C(C)=C(F)\C=C(\C(=O)NN)C(C)Nc1cncc(C2CC2)c1. The normalized spacial score (nSPS) is 16.9. The lowest BCUT2D eigenvalue weighted by molar-refractivity contribution is -0.117. The van der Waals surface area contributed by atoms with Crippen molar-refractivity contribution in [1.29, 1.82) is 0 Å². The number of carbonyl (C=O) groups excluding carboxylic acids is 1. The second kappa shape index (κ2) is 7.83. The van der Waals surface area contributed by atoms with Crippen LogP contribution >= 0.6 is 0 Å². The highest BCUT2D eigenvalue weighted by atomic mass is 19.1. The van der Waals surface area contributed by atoms with Crippen molar-refractivity contribution in [3.05, 3.63) is 47.2 Å². The monoisotopic (exact) mass is 331 g/mol. The number of nitrogens with two attached hydrogens (primary N) is 1. The van der Waals surface area contributed by atoms with Gasteiger partial charge >= 0.3 is 0 Å². The molecule has 0 aromatic carbocycles. The number of anilines is 1. The Morgan fingerprint density at radius 1 is 1.54 bits per heavy atom. The molecule has 1 heterocycles. The maximum Gasteiger partial charge on any atom is 0.263 e. The van der Waals surface area contributed by atoms with E-state index in [-0.39, 0.29) is 11.3 Å². The highest BCUT2D eigenvalue weighted by Gasteiger charge is 2.24. The van der Waals surface area contributed by atoms with E-state index in [4.69, 9.17) is 5.84 Å². The fraction of sp³-hybridized carbons (Fsp3) is 0.353. The van der Waals surface area contributed by atoms with Gasteiger partial charge < -0.3 is 5.32 Å². The molecule has 1 unspecified atom stereocenters. The number of hydrogen-bond donors (Lipinski definition) is 3. The van der Waals surface area contributed by atoms with Gasteiger partial charge in [-0.2, -0.15) is 0 Å². The fourth-order valence-corrected chi connectivity index (χ4v) is 2.29. The van der Waals surface area contributed by atoms with Gasteiger partial charge in [0.2, 0.25) is 0 Å². The van der Waals surface area contributed by atoms with Crippen LogP contribution in [0, 0.1) is 0 Å². The van der Waals surface area contributed by atoms with E-state index in [0.717, 1.165) is 11.8 Å². The molecule has 128 valence electrons. The van der Waals surface area contributed by atoms with Gasteiger partial charge in [-0.1, -0.05) is 0 Å². The maximum absolute atomic E-state index is 14.0. The summed E-state index contributed by atoms with van der Waals surface area (Å²) < 4.78 is 14.0. The van der Waals surface area contributed by atoms with Crippen molar-refractivity contribution in [2.75, 3.05) is 5.32 Å². The predicted octanol–water partition coefficient (Wildman–Crippen LogP) is 2.58. The second-order valence-corrected chi connectivity index (χ2v) is 5.81. The van der Waals surface area contributed by atoms with Gasteiger partial charge in [0, 0.05) is 18.0 Å². The van der Waals surface area contributed by atoms with Crippen molar-refractivity contribution in [3.8, 4) is 0 Å². The third kappa shape index (κ3) is 4.48. The van der Waals surface area contributed by atoms with E-state index < -0.39 is 17.8 Å². The Labute approximate surface area is 140 Å². The van der Waals surface area contributed by atoms with Crippen molar-refractivity contribution in [1.82, 2.24) is 10.4 Å². The minimum Gasteiger partial charge on any atom is -0.377 e. The van der Waals surface area contributed by atoms with Crippen LogP contribution in [-0.2, 0) is 4.79 Å². The van der Waals surface area contributed by atoms with Crippen LogP contribution in [0.1, 0.15) is 38.2 Å². The number of pyridine rings is 1. The van der Waals surface area contributed by atoms with E-state index >= 15 is 0 Å². The highest BCUT2D eigenvalue weighted by Crippen LogP contribution is 2.40. The molecule has 1 amide bonds. The van der Waals surface area contributed by atoms with Gasteiger partial charge in [-0.25, -0.2) is 10.2 Å². The van der Waals surface area contributed by atoms with Crippen LogP contribution in [0.15, 0.2) is 46.6 Å². The van der Waals surface area contributed by atoms with E-state index in [1.54, 1.807) is 13.1 Å². The zero-order chi connectivity index (χ0) is 17.7. The number of hydrogen-bond acceptors (Lipinski definition) is 5. The van der Waals surface area contributed by atoms with Crippen LogP contribution < -0.4 is 16.6 Å². The molecule has 1 aromatic rings. The number of carbonyl (C=O) groups is 1. The van der Waals surface area contributed by atoms with Crippen LogP contribution in [0.25, 0.3) is 0 Å². The summed E-state index contributed by atoms with van der Waals surface area (Å²) in [5.41, 5.74) is 4.22. The molecule has 7 heteroatoms. The molecule has 1 fully saturated rings.